The molecule has 1 radical (unpaired) electrons. The second-order valence-electron chi connectivity index (χ2n) is 6.53. The summed E-state index contributed by atoms with van der Waals surface area (Å²) < 4.78 is 0. The van der Waals surface area contributed by atoms with Crippen molar-refractivity contribution in [2.45, 2.75) is 37.8 Å². The minimum Gasteiger partial charge on any atom is -0.481 e. The van der Waals surface area contributed by atoms with Gasteiger partial charge in [-0.2, -0.15) is 0 Å². The number of anilines is 1. The van der Waals surface area contributed by atoms with Crippen molar-refractivity contribution in [3.8, 4) is 0 Å². The maximum Gasteiger partial charge on any atom is 0.307 e. The van der Waals surface area contributed by atoms with E-state index in [1.54, 1.807) is 0 Å². The molecule has 6 nitrogen and oxygen atoms in total. The van der Waals surface area contributed by atoms with Crippen LogP contribution in [-0.2, 0) is 16.0 Å². The molecular formula is C18H24N3O3. The highest BCUT2D eigenvalue weighted by molar-refractivity contribution is 5.81. The number of piperidine rings is 1. The van der Waals surface area contributed by atoms with Crippen LogP contribution >= 0.6 is 0 Å². The van der Waals surface area contributed by atoms with E-state index in [9.17, 15) is 9.59 Å². The van der Waals surface area contributed by atoms with Crippen LogP contribution in [-0.4, -0.2) is 53.6 Å². The van der Waals surface area contributed by atoms with Crippen LogP contribution in [0.3, 0.4) is 0 Å². The Morgan fingerprint density at radius 3 is 2.54 bits per heavy atom. The highest BCUT2D eigenvalue weighted by atomic mass is 16.4. The standard InChI is InChI=1S/C18H24N3O3/c19-18(24)16-6-3-9-21(16)14-7-10-20(11-8-14)15-5-2-1-4-13(15)12-17(22)23/h1-2,4-6,14,16H,3,7-12H2,(H2,19,24)(H,22,23). The van der Waals surface area contributed by atoms with Crippen molar-refractivity contribution in [1.82, 2.24) is 4.90 Å². The number of carbonyl (C=O) groups excluding carboxylic acids is 1. The van der Waals surface area contributed by atoms with E-state index in [-0.39, 0.29) is 18.4 Å². The number of amides is 1. The zero-order valence-corrected chi connectivity index (χ0v) is 13.7. The smallest absolute Gasteiger partial charge is 0.307 e. The second-order valence-corrected chi connectivity index (χ2v) is 6.53. The summed E-state index contributed by atoms with van der Waals surface area (Å²) in [5.74, 6) is -1.07. The van der Waals surface area contributed by atoms with E-state index in [0.29, 0.717) is 6.04 Å². The number of carboxylic acids is 1. The minimum absolute atomic E-state index is 0.0426. The fourth-order valence-corrected chi connectivity index (χ4v) is 3.92. The summed E-state index contributed by atoms with van der Waals surface area (Å²) in [5, 5.41) is 9.08. The maximum atomic E-state index is 11.6. The summed E-state index contributed by atoms with van der Waals surface area (Å²) in [6, 6.07) is 7.84. The number of hydrogen-bond acceptors (Lipinski definition) is 4. The van der Waals surface area contributed by atoms with Crippen LogP contribution in [0, 0.1) is 6.42 Å². The van der Waals surface area contributed by atoms with E-state index >= 15 is 0 Å². The fraction of sp³-hybridized carbons (Fsp3) is 0.500. The molecule has 0 saturated carbocycles. The van der Waals surface area contributed by atoms with E-state index < -0.39 is 5.97 Å². The van der Waals surface area contributed by atoms with Crippen LogP contribution in [0.4, 0.5) is 5.69 Å². The highest BCUT2D eigenvalue weighted by Crippen LogP contribution is 2.29. The third-order valence-corrected chi connectivity index (χ3v) is 5.03. The van der Waals surface area contributed by atoms with E-state index in [1.807, 2.05) is 30.7 Å². The average Bonchev–Trinajstić information content (AvgIpc) is 3.05. The number of para-hydroxylation sites is 1. The molecule has 1 amide bonds. The number of benzene rings is 1. The minimum atomic E-state index is -0.811. The van der Waals surface area contributed by atoms with Gasteiger partial charge in [-0.25, -0.2) is 0 Å². The Hall–Kier alpha value is -2.08. The molecule has 1 unspecified atom stereocenters. The molecule has 1 aromatic carbocycles. The van der Waals surface area contributed by atoms with Crippen molar-refractivity contribution in [3.63, 3.8) is 0 Å². The molecule has 2 aliphatic rings. The largest absolute Gasteiger partial charge is 0.481 e. The first kappa shape index (κ1) is 16.8. The predicted octanol–water partition coefficient (Wildman–Crippen LogP) is 1.05. The van der Waals surface area contributed by atoms with Crippen LogP contribution in [0.15, 0.2) is 24.3 Å². The average molecular weight is 330 g/mol. The van der Waals surface area contributed by atoms with Crippen LogP contribution < -0.4 is 10.6 Å². The van der Waals surface area contributed by atoms with Gasteiger partial charge in [0.25, 0.3) is 0 Å². The quantitative estimate of drug-likeness (QED) is 0.842. The number of hydrogen-bond donors (Lipinski definition) is 2. The summed E-state index contributed by atoms with van der Waals surface area (Å²) >= 11 is 0. The highest BCUT2D eigenvalue weighted by Gasteiger charge is 2.36. The van der Waals surface area contributed by atoms with Gasteiger partial charge in [0, 0.05) is 24.8 Å². The number of aliphatic carboxylic acids is 1. The molecule has 2 aliphatic heterocycles. The molecule has 0 aliphatic carbocycles. The van der Waals surface area contributed by atoms with Gasteiger partial charge in [-0.05, 0) is 43.9 Å². The number of rotatable bonds is 5. The molecular weight excluding hydrogens is 306 g/mol. The molecule has 3 rings (SSSR count). The topological polar surface area (TPSA) is 86.9 Å². The van der Waals surface area contributed by atoms with Gasteiger partial charge >= 0.3 is 5.97 Å². The van der Waals surface area contributed by atoms with Crippen molar-refractivity contribution in [3.05, 3.63) is 36.2 Å². The Morgan fingerprint density at radius 2 is 1.88 bits per heavy atom. The normalized spacial score (nSPS) is 22.7. The Labute approximate surface area is 142 Å². The van der Waals surface area contributed by atoms with Crippen LogP contribution in [0.1, 0.15) is 24.8 Å². The van der Waals surface area contributed by atoms with Gasteiger partial charge in [0.15, 0.2) is 0 Å². The Kier molecular flexibility index (Phi) is 5.04. The molecule has 0 bridgehead atoms. The molecule has 2 fully saturated rings. The van der Waals surface area contributed by atoms with E-state index in [0.717, 1.165) is 50.1 Å². The molecule has 0 aromatic heterocycles. The Bertz CT molecular complexity index is 611. The molecule has 1 atom stereocenters. The van der Waals surface area contributed by atoms with Gasteiger partial charge < -0.3 is 15.7 Å². The summed E-state index contributed by atoms with van der Waals surface area (Å²) in [5.41, 5.74) is 7.37. The van der Waals surface area contributed by atoms with Crippen molar-refractivity contribution < 1.29 is 14.7 Å². The fourth-order valence-electron chi connectivity index (χ4n) is 3.92. The van der Waals surface area contributed by atoms with Gasteiger partial charge in [-0.15, -0.1) is 0 Å². The number of nitrogens with zero attached hydrogens (tertiary/aromatic N) is 2. The lowest BCUT2D eigenvalue weighted by Crippen LogP contribution is -2.50. The van der Waals surface area contributed by atoms with Crippen LogP contribution in [0.2, 0.25) is 0 Å². The molecule has 0 spiro atoms. The Balaban J connectivity index is 1.65. The molecule has 6 heteroatoms. The van der Waals surface area contributed by atoms with Crippen LogP contribution in [0.5, 0.6) is 0 Å². The van der Waals surface area contributed by atoms with Crippen LogP contribution in [0.25, 0.3) is 0 Å². The van der Waals surface area contributed by atoms with Crippen molar-refractivity contribution in [2.75, 3.05) is 24.5 Å². The zero-order chi connectivity index (χ0) is 17.1. The van der Waals surface area contributed by atoms with Gasteiger partial charge in [0.1, 0.15) is 0 Å². The van der Waals surface area contributed by atoms with Crippen molar-refractivity contribution in [2.24, 2.45) is 5.73 Å². The second kappa shape index (κ2) is 7.21. The molecule has 1 aromatic rings. The van der Waals surface area contributed by atoms with Gasteiger partial charge in [0.05, 0.1) is 12.5 Å². The van der Waals surface area contributed by atoms with Gasteiger partial charge in [0.2, 0.25) is 5.91 Å². The summed E-state index contributed by atoms with van der Waals surface area (Å²) in [6.07, 6.45) is 4.88. The lowest BCUT2D eigenvalue weighted by Gasteiger charge is -2.40. The van der Waals surface area contributed by atoms with E-state index in [4.69, 9.17) is 10.8 Å². The molecule has 129 valence electrons. The number of likely N-dealkylation sites (tertiary alicyclic amines) is 1. The molecule has 3 N–H and O–H groups in total. The summed E-state index contributed by atoms with van der Waals surface area (Å²) in [6.45, 7) is 2.63. The zero-order valence-electron chi connectivity index (χ0n) is 13.7. The molecule has 2 saturated heterocycles. The van der Waals surface area contributed by atoms with Crippen molar-refractivity contribution >= 4 is 17.6 Å². The van der Waals surface area contributed by atoms with E-state index in [2.05, 4.69) is 9.80 Å². The first-order valence-electron chi connectivity index (χ1n) is 8.49. The lowest BCUT2D eigenvalue weighted by atomic mass is 9.99. The van der Waals surface area contributed by atoms with Gasteiger partial charge in [-0.3, -0.25) is 14.5 Å². The lowest BCUT2D eigenvalue weighted by molar-refractivity contribution is -0.136. The predicted molar refractivity (Wildman–Crippen MR) is 91.6 cm³/mol. The van der Waals surface area contributed by atoms with Crippen molar-refractivity contribution in [1.29, 1.82) is 0 Å². The number of carboxylic acid groups (broad SMARTS) is 1. The summed E-state index contributed by atoms with van der Waals surface area (Å²) in [7, 11) is 0. The SMILES string of the molecule is NC(=O)C1[CH]CCN1C1CCN(c2ccccc2CC(=O)O)CC1. The van der Waals surface area contributed by atoms with Gasteiger partial charge in [-0.1, -0.05) is 18.2 Å². The summed E-state index contributed by atoms with van der Waals surface area (Å²) in [4.78, 5) is 27.1. The monoisotopic (exact) mass is 330 g/mol. The molecule has 2 heterocycles. The molecule has 24 heavy (non-hydrogen) atoms. The third kappa shape index (κ3) is 3.53. The number of nitrogens with two attached hydrogens (primary N) is 1. The number of primary amides is 1. The Morgan fingerprint density at radius 1 is 1.17 bits per heavy atom. The number of carbonyl (C=O) groups is 2. The third-order valence-electron chi connectivity index (χ3n) is 5.03. The first-order chi connectivity index (χ1) is 11.6. The van der Waals surface area contributed by atoms with E-state index in [1.165, 1.54) is 0 Å². The first-order valence-corrected chi connectivity index (χ1v) is 8.49. The maximum absolute atomic E-state index is 11.6.